The summed E-state index contributed by atoms with van der Waals surface area (Å²) in [6, 6.07) is 61.4. The number of aryl methyl sites for hydroxylation is 1. The van der Waals surface area contributed by atoms with Gasteiger partial charge in [0.05, 0.1) is 11.0 Å². The van der Waals surface area contributed by atoms with Gasteiger partial charge in [-0.05, 0) is 140 Å². The van der Waals surface area contributed by atoms with E-state index in [-0.39, 0.29) is 12.1 Å². The first-order valence-electron chi connectivity index (χ1n) is 22.1. The minimum atomic E-state index is -0.108. The van der Waals surface area contributed by atoms with Crippen molar-refractivity contribution in [2.24, 2.45) is 0 Å². The number of fused-ring (bicyclic) bond motifs is 10. The molecule has 2 aliphatic heterocycles. The maximum atomic E-state index is 7.11. The zero-order valence-corrected chi connectivity index (χ0v) is 35.3. The molecule has 3 nitrogen and oxygen atoms in total. The lowest BCUT2D eigenvalue weighted by molar-refractivity contribution is 0.483. The molecular formula is C57H47BN2O. The van der Waals surface area contributed by atoms with Crippen LogP contribution in [0.15, 0.2) is 164 Å². The van der Waals surface area contributed by atoms with Crippen molar-refractivity contribution < 1.29 is 4.74 Å². The monoisotopic (exact) mass is 786 g/mol. The zero-order chi connectivity index (χ0) is 41.0. The molecule has 12 rings (SSSR count). The second-order valence-electron chi connectivity index (χ2n) is 18.3. The number of rotatable bonds is 6. The van der Waals surface area contributed by atoms with Crippen molar-refractivity contribution in [3.05, 3.63) is 186 Å². The van der Waals surface area contributed by atoms with Crippen LogP contribution in [0.25, 0.3) is 49.7 Å². The second-order valence-corrected chi connectivity index (χ2v) is 18.3. The highest BCUT2D eigenvalue weighted by Crippen LogP contribution is 2.48. The number of hydrogen-bond acceptors (Lipinski definition) is 2. The van der Waals surface area contributed by atoms with Crippen LogP contribution >= 0.6 is 0 Å². The Kier molecular flexibility index (Phi) is 8.06. The molecule has 61 heavy (non-hydrogen) atoms. The van der Waals surface area contributed by atoms with E-state index in [4.69, 9.17) is 4.74 Å². The lowest BCUT2D eigenvalue weighted by Crippen LogP contribution is -2.59. The lowest BCUT2D eigenvalue weighted by atomic mass is 9.34. The van der Waals surface area contributed by atoms with Crippen LogP contribution in [0.5, 0.6) is 11.5 Å². The fraction of sp³-hybridized carbons (Fsp3) is 0.158. The maximum Gasteiger partial charge on any atom is 0.256 e. The summed E-state index contributed by atoms with van der Waals surface area (Å²) in [7, 11) is 0. The van der Waals surface area contributed by atoms with Gasteiger partial charge in [0, 0.05) is 33.5 Å². The Hall–Kier alpha value is -6.78. The van der Waals surface area contributed by atoms with Gasteiger partial charge < -0.3 is 14.2 Å². The number of ether oxygens (including phenoxy) is 1. The highest BCUT2D eigenvalue weighted by Gasteiger charge is 2.43. The average molecular weight is 787 g/mol. The van der Waals surface area contributed by atoms with Crippen LogP contribution in [0.3, 0.4) is 0 Å². The maximum absolute atomic E-state index is 7.11. The first kappa shape index (κ1) is 36.1. The summed E-state index contributed by atoms with van der Waals surface area (Å²) in [6.07, 6.45) is 4.20. The average Bonchev–Trinajstić information content (AvgIpc) is 3.82. The summed E-state index contributed by atoms with van der Waals surface area (Å²) in [4.78, 5) is 2.64. The van der Waals surface area contributed by atoms with E-state index < -0.39 is 0 Å². The van der Waals surface area contributed by atoms with Crippen molar-refractivity contribution in [1.29, 1.82) is 0 Å². The fourth-order valence-corrected chi connectivity index (χ4v) is 10.6. The van der Waals surface area contributed by atoms with Gasteiger partial charge in [-0.2, -0.15) is 0 Å². The molecule has 3 aliphatic rings. The molecule has 1 aliphatic carbocycles. The van der Waals surface area contributed by atoms with E-state index in [1.54, 1.807) is 0 Å². The number of para-hydroxylation sites is 2. The number of anilines is 3. The van der Waals surface area contributed by atoms with Gasteiger partial charge in [0.1, 0.15) is 11.5 Å². The largest absolute Gasteiger partial charge is 0.458 e. The van der Waals surface area contributed by atoms with Gasteiger partial charge in [0.15, 0.2) is 0 Å². The third kappa shape index (κ3) is 5.58. The Morgan fingerprint density at radius 2 is 1.31 bits per heavy atom. The third-order valence-electron chi connectivity index (χ3n) is 13.6. The Morgan fingerprint density at radius 3 is 2.08 bits per heavy atom. The van der Waals surface area contributed by atoms with Gasteiger partial charge in [-0.1, -0.05) is 143 Å². The van der Waals surface area contributed by atoms with E-state index in [0.29, 0.717) is 0 Å². The van der Waals surface area contributed by atoms with Gasteiger partial charge in [0.25, 0.3) is 6.71 Å². The molecule has 0 spiro atoms. The molecule has 1 aromatic heterocycles. The summed E-state index contributed by atoms with van der Waals surface area (Å²) in [5, 5.41) is 2.54. The quantitative estimate of drug-likeness (QED) is 0.156. The predicted octanol–water partition coefficient (Wildman–Crippen LogP) is 13.1. The summed E-state index contributed by atoms with van der Waals surface area (Å²) in [5.41, 5.74) is 21.6. The highest BCUT2D eigenvalue weighted by atomic mass is 16.5. The van der Waals surface area contributed by atoms with Crippen LogP contribution in [0, 0.1) is 0 Å². The first-order chi connectivity index (χ1) is 29.8. The van der Waals surface area contributed by atoms with Crippen LogP contribution in [-0.2, 0) is 18.3 Å². The SMILES string of the molecule is CCCCc1cc2c(cc1N1c3cc(-n4c5ccccc5c5ccccc54)ccc3B3c4cc(-c5ccccc5)ccc4Oc4cc(C(C)(C)C)cc1c43)Cc1ccccc1-2. The molecule has 0 bridgehead atoms. The molecule has 0 N–H and O–H groups in total. The summed E-state index contributed by atoms with van der Waals surface area (Å²) < 4.78 is 9.58. The Morgan fingerprint density at radius 1 is 0.574 bits per heavy atom. The van der Waals surface area contributed by atoms with E-state index in [1.807, 2.05) is 0 Å². The van der Waals surface area contributed by atoms with E-state index >= 15 is 0 Å². The molecule has 0 atom stereocenters. The highest BCUT2D eigenvalue weighted by molar-refractivity contribution is 6.99. The van der Waals surface area contributed by atoms with Crippen molar-refractivity contribution in [1.82, 2.24) is 4.57 Å². The van der Waals surface area contributed by atoms with Crippen LogP contribution in [0.2, 0.25) is 0 Å². The van der Waals surface area contributed by atoms with Crippen LogP contribution in [0.4, 0.5) is 17.1 Å². The zero-order valence-electron chi connectivity index (χ0n) is 35.3. The van der Waals surface area contributed by atoms with E-state index in [0.717, 1.165) is 42.9 Å². The minimum absolute atomic E-state index is 0.0253. The van der Waals surface area contributed by atoms with Gasteiger partial charge in [-0.15, -0.1) is 0 Å². The number of hydrogen-bond donors (Lipinski definition) is 0. The molecular weight excluding hydrogens is 739 g/mol. The minimum Gasteiger partial charge on any atom is -0.458 e. The summed E-state index contributed by atoms with van der Waals surface area (Å²) in [6.45, 7) is 9.25. The van der Waals surface area contributed by atoms with Crippen molar-refractivity contribution in [3.63, 3.8) is 0 Å². The molecule has 0 saturated carbocycles. The smallest absolute Gasteiger partial charge is 0.256 e. The van der Waals surface area contributed by atoms with E-state index in [2.05, 4.69) is 201 Å². The van der Waals surface area contributed by atoms with Gasteiger partial charge >= 0.3 is 0 Å². The molecule has 4 heteroatoms. The van der Waals surface area contributed by atoms with E-state index in [1.165, 1.54) is 99.8 Å². The van der Waals surface area contributed by atoms with Crippen molar-refractivity contribution in [2.45, 2.75) is 58.8 Å². The van der Waals surface area contributed by atoms with Crippen LogP contribution < -0.4 is 26.0 Å². The van der Waals surface area contributed by atoms with Gasteiger partial charge in [-0.3, -0.25) is 0 Å². The lowest BCUT2D eigenvalue weighted by Gasteiger charge is -2.42. The number of aromatic nitrogens is 1. The fourth-order valence-electron chi connectivity index (χ4n) is 10.6. The molecule has 0 fully saturated rings. The van der Waals surface area contributed by atoms with Crippen LogP contribution in [0.1, 0.15) is 62.8 Å². The van der Waals surface area contributed by atoms with Gasteiger partial charge in [-0.25, -0.2) is 0 Å². The normalized spacial score (nSPS) is 13.4. The standard InChI is InChI=1S/C57H47BN2O/c1-5-6-16-39-30-46-40(29-38-19-10-11-20-43(38)46)32-51(39)60-52-35-42(59-49-23-14-12-21-44(49)45-22-13-15-24-50(45)59)26-27-47(52)58-48-31-37(36-17-8-7-9-18-36)25-28-54(48)61-55-34-41(57(2,3)4)33-53(60)56(55)58/h7-15,17-28,30-35H,5-6,16,29H2,1-4H3. The molecule has 0 radical (unpaired) electrons. The Bertz CT molecular complexity index is 3190. The molecule has 294 valence electrons. The molecule has 0 amide bonds. The van der Waals surface area contributed by atoms with Crippen LogP contribution in [-0.4, -0.2) is 11.3 Å². The molecule has 0 unspecified atom stereocenters. The summed E-state index contributed by atoms with van der Waals surface area (Å²) in [5.74, 6) is 1.89. The summed E-state index contributed by atoms with van der Waals surface area (Å²) >= 11 is 0. The van der Waals surface area contributed by atoms with Crippen molar-refractivity contribution in [2.75, 3.05) is 4.90 Å². The molecule has 3 heterocycles. The molecule has 8 aromatic carbocycles. The van der Waals surface area contributed by atoms with Gasteiger partial charge in [0.2, 0.25) is 0 Å². The predicted molar refractivity (Wildman–Crippen MR) is 258 cm³/mol. The molecule has 0 saturated heterocycles. The first-order valence-corrected chi connectivity index (χ1v) is 22.1. The second kappa shape index (κ2) is 13.6. The molecule has 9 aromatic rings. The van der Waals surface area contributed by atoms with Crippen molar-refractivity contribution in [3.8, 4) is 39.4 Å². The Labute approximate surface area is 359 Å². The number of benzene rings is 8. The topological polar surface area (TPSA) is 17.4 Å². The Balaban J connectivity index is 1.17. The van der Waals surface area contributed by atoms with Crippen molar-refractivity contribution >= 4 is 62.0 Å². The third-order valence-corrected chi connectivity index (χ3v) is 13.6. The number of unbranched alkanes of at least 4 members (excludes halogenated alkanes) is 1. The van der Waals surface area contributed by atoms with E-state index in [9.17, 15) is 0 Å². The number of nitrogens with zero attached hydrogens (tertiary/aromatic N) is 2.